The Balaban J connectivity index is 1.93. The van der Waals surface area contributed by atoms with E-state index in [0.29, 0.717) is 0 Å². The van der Waals surface area contributed by atoms with E-state index in [1.807, 2.05) is 7.05 Å². The summed E-state index contributed by atoms with van der Waals surface area (Å²) in [4.78, 5) is 2.29. The molecule has 0 radical (unpaired) electrons. The Hall–Kier alpha value is -1.06. The number of benzene rings is 1. The largest absolute Gasteiger partial charge is 0.493 e. The Morgan fingerprint density at radius 3 is 3.12 bits per heavy atom. The van der Waals surface area contributed by atoms with Crippen LogP contribution in [0.1, 0.15) is 17.5 Å². The summed E-state index contributed by atoms with van der Waals surface area (Å²) in [5, 5.41) is 3.16. The van der Waals surface area contributed by atoms with Gasteiger partial charge in [0.1, 0.15) is 5.75 Å². The van der Waals surface area contributed by atoms with Gasteiger partial charge in [0.2, 0.25) is 0 Å². The lowest BCUT2D eigenvalue weighted by Gasteiger charge is -2.19. The van der Waals surface area contributed by atoms with Gasteiger partial charge in [-0.25, -0.2) is 0 Å². The molecule has 0 bridgehead atoms. The smallest absolute Gasteiger partial charge is 0.122 e. The van der Waals surface area contributed by atoms with Crippen LogP contribution in [0.3, 0.4) is 0 Å². The van der Waals surface area contributed by atoms with E-state index in [4.69, 9.17) is 4.74 Å². The number of ether oxygens (including phenoxy) is 1. The Kier molecular flexibility index (Phi) is 4.40. The third kappa shape index (κ3) is 3.45. The van der Waals surface area contributed by atoms with Gasteiger partial charge in [0.05, 0.1) is 6.61 Å². The van der Waals surface area contributed by atoms with Crippen LogP contribution in [-0.4, -0.2) is 38.8 Å². The topological polar surface area (TPSA) is 24.5 Å². The first-order valence-electron chi connectivity index (χ1n) is 6.37. The van der Waals surface area contributed by atoms with Gasteiger partial charge in [0.15, 0.2) is 0 Å². The van der Waals surface area contributed by atoms with Crippen LogP contribution in [0.5, 0.6) is 5.75 Å². The summed E-state index contributed by atoms with van der Waals surface area (Å²) >= 11 is 0. The van der Waals surface area contributed by atoms with Gasteiger partial charge in [0.25, 0.3) is 0 Å². The molecule has 1 aromatic carbocycles. The number of aryl methyl sites for hydroxylation is 1. The third-order valence-corrected chi connectivity index (χ3v) is 3.18. The van der Waals surface area contributed by atoms with Crippen molar-refractivity contribution in [2.24, 2.45) is 0 Å². The first-order chi connectivity index (χ1) is 8.29. The monoisotopic (exact) mass is 234 g/mol. The standard InChI is InChI=1S/C14H22N2O/c1-15-11-16(2)8-7-12-5-6-14-13(10-12)4-3-9-17-14/h5-6,10,15H,3-4,7-9,11H2,1-2H3. The second kappa shape index (κ2) is 6.03. The summed E-state index contributed by atoms with van der Waals surface area (Å²) in [7, 11) is 4.12. The number of nitrogens with one attached hydrogen (secondary N) is 1. The number of hydrogen-bond donors (Lipinski definition) is 1. The molecule has 3 nitrogen and oxygen atoms in total. The predicted molar refractivity (Wildman–Crippen MR) is 70.5 cm³/mol. The van der Waals surface area contributed by atoms with Crippen LogP contribution in [-0.2, 0) is 12.8 Å². The summed E-state index contributed by atoms with van der Waals surface area (Å²) in [6, 6.07) is 6.63. The van der Waals surface area contributed by atoms with Gasteiger partial charge in [-0.15, -0.1) is 0 Å². The maximum Gasteiger partial charge on any atom is 0.122 e. The zero-order chi connectivity index (χ0) is 12.1. The normalized spacial score (nSPS) is 14.5. The Morgan fingerprint density at radius 1 is 1.41 bits per heavy atom. The van der Waals surface area contributed by atoms with E-state index >= 15 is 0 Å². The maximum atomic E-state index is 5.62. The molecule has 1 aliphatic rings. The molecule has 3 heteroatoms. The first kappa shape index (κ1) is 12.4. The van der Waals surface area contributed by atoms with Crippen molar-refractivity contribution in [2.75, 3.05) is 33.9 Å². The molecule has 0 unspecified atom stereocenters. The molecule has 0 saturated heterocycles. The summed E-state index contributed by atoms with van der Waals surface area (Å²) in [6.45, 7) is 2.89. The highest BCUT2D eigenvalue weighted by atomic mass is 16.5. The lowest BCUT2D eigenvalue weighted by Crippen LogP contribution is -2.30. The van der Waals surface area contributed by atoms with Crippen molar-refractivity contribution in [1.29, 1.82) is 0 Å². The van der Waals surface area contributed by atoms with Crippen molar-refractivity contribution in [3.63, 3.8) is 0 Å². The molecule has 0 aliphatic carbocycles. The van der Waals surface area contributed by atoms with Gasteiger partial charge in [0, 0.05) is 13.2 Å². The van der Waals surface area contributed by atoms with Gasteiger partial charge >= 0.3 is 0 Å². The lowest BCUT2D eigenvalue weighted by atomic mass is 10.0. The lowest BCUT2D eigenvalue weighted by molar-refractivity contribution is 0.288. The molecule has 2 rings (SSSR count). The van der Waals surface area contributed by atoms with E-state index < -0.39 is 0 Å². The number of rotatable bonds is 5. The van der Waals surface area contributed by atoms with E-state index in [-0.39, 0.29) is 0 Å². The number of hydrogen-bond acceptors (Lipinski definition) is 3. The zero-order valence-electron chi connectivity index (χ0n) is 10.8. The SMILES string of the molecule is CNCN(C)CCc1ccc2c(c1)CCCO2. The minimum atomic E-state index is 0.872. The fourth-order valence-electron chi connectivity index (χ4n) is 2.24. The van der Waals surface area contributed by atoms with Crippen LogP contribution >= 0.6 is 0 Å². The van der Waals surface area contributed by atoms with Gasteiger partial charge in [-0.3, -0.25) is 4.90 Å². The van der Waals surface area contributed by atoms with E-state index in [9.17, 15) is 0 Å². The molecule has 0 atom stereocenters. The Bertz CT molecular complexity index is 365. The highest BCUT2D eigenvalue weighted by Gasteiger charge is 2.10. The molecule has 94 valence electrons. The van der Waals surface area contributed by atoms with Gasteiger partial charge in [-0.2, -0.15) is 0 Å². The number of nitrogens with zero attached hydrogens (tertiary/aromatic N) is 1. The molecule has 1 N–H and O–H groups in total. The van der Waals surface area contributed by atoms with Crippen LogP contribution in [0, 0.1) is 0 Å². The summed E-state index contributed by atoms with van der Waals surface area (Å²) in [5.41, 5.74) is 2.79. The van der Waals surface area contributed by atoms with Gasteiger partial charge in [-0.1, -0.05) is 12.1 Å². The van der Waals surface area contributed by atoms with Crippen LogP contribution < -0.4 is 10.1 Å². The first-order valence-corrected chi connectivity index (χ1v) is 6.37. The van der Waals surface area contributed by atoms with Crippen molar-refractivity contribution in [3.8, 4) is 5.75 Å². The molecular formula is C14H22N2O. The number of fused-ring (bicyclic) bond motifs is 1. The minimum Gasteiger partial charge on any atom is -0.493 e. The van der Waals surface area contributed by atoms with Crippen molar-refractivity contribution < 1.29 is 4.74 Å². The predicted octanol–water partition coefficient (Wildman–Crippen LogP) is 1.66. The van der Waals surface area contributed by atoms with Crippen LogP contribution in [0.25, 0.3) is 0 Å². The third-order valence-electron chi connectivity index (χ3n) is 3.18. The van der Waals surface area contributed by atoms with E-state index in [1.165, 1.54) is 11.1 Å². The van der Waals surface area contributed by atoms with Crippen molar-refractivity contribution in [1.82, 2.24) is 10.2 Å². The molecule has 0 amide bonds. The summed E-state index contributed by atoms with van der Waals surface area (Å²) in [5.74, 6) is 1.09. The second-order valence-corrected chi connectivity index (χ2v) is 4.74. The highest BCUT2D eigenvalue weighted by molar-refractivity contribution is 5.38. The molecule has 0 aromatic heterocycles. The summed E-state index contributed by atoms with van der Waals surface area (Å²) in [6.07, 6.45) is 3.41. The minimum absolute atomic E-state index is 0.872. The van der Waals surface area contributed by atoms with Crippen LogP contribution in [0.4, 0.5) is 0 Å². The molecule has 1 aromatic rings. The van der Waals surface area contributed by atoms with Gasteiger partial charge in [-0.05, 0) is 50.6 Å². The molecule has 0 spiro atoms. The van der Waals surface area contributed by atoms with Crippen LogP contribution in [0.15, 0.2) is 18.2 Å². The van der Waals surface area contributed by atoms with Crippen molar-refractivity contribution in [2.45, 2.75) is 19.3 Å². The molecule has 1 heterocycles. The second-order valence-electron chi connectivity index (χ2n) is 4.74. The molecule has 1 aliphatic heterocycles. The zero-order valence-corrected chi connectivity index (χ0v) is 10.8. The average Bonchev–Trinajstić information content (AvgIpc) is 2.36. The summed E-state index contributed by atoms with van der Waals surface area (Å²) < 4.78 is 5.62. The van der Waals surface area contributed by atoms with Gasteiger partial charge < -0.3 is 10.1 Å². The van der Waals surface area contributed by atoms with Crippen molar-refractivity contribution >= 4 is 0 Å². The Labute approximate surface area is 104 Å². The molecule has 17 heavy (non-hydrogen) atoms. The molecule has 0 fully saturated rings. The maximum absolute atomic E-state index is 5.62. The van der Waals surface area contributed by atoms with E-state index in [1.54, 1.807) is 0 Å². The molecule has 0 saturated carbocycles. The quantitative estimate of drug-likeness (QED) is 0.784. The fraction of sp³-hybridized carbons (Fsp3) is 0.571. The highest BCUT2D eigenvalue weighted by Crippen LogP contribution is 2.25. The average molecular weight is 234 g/mol. The number of likely N-dealkylation sites (N-methyl/N-ethyl adjacent to an activating group) is 1. The fourth-order valence-corrected chi connectivity index (χ4v) is 2.24. The Morgan fingerprint density at radius 2 is 2.29 bits per heavy atom. The molecular weight excluding hydrogens is 212 g/mol. The van der Waals surface area contributed by atoms with Crippen LogP contribution in [0.2, 0.25) is 0 Å². The van der Waals surface area contributed by atoms with Crippen molar-refractivity contribution in [3.05, 3.63) is 29.3 Å². The van der Waals surface area contributed by atoms with E-state index in [0.717, 1.165) is 44.8 Å². The van der Waals surface area contributed by atoms with E-state index in [2.05, 4.69) is 35.5 Å².